The highest BCUT2D eigenvalue weighted by atomic mass is 16.5. The summed E-state index contributed by atoms with van der Waals surface area (Å²) in [5.74, 6) is 1.40. The lowest BCUT2D eigenvalue weighted by atomic mass is 10.1. The van der Waals surface area contributed by atoms with E-state index < -0.39 is 0 Å². The van der Waals surface area contributed by atoms with E-state index in [1.165, 1.54) is 0 Å². The van der Waals surface area contributed by atoms with Gasteiger partial charge in [-0.15, -0.1) is 0 Å². The van der Waals surface area contributed by atoms with Gasteiger partial charge in [0.15, 0.2) is 5.75 Å². The van der Waals surface area contributed by atoms with Crippen LogP contribution >= 0.6 is 0 Å². The van der Waals surface area contributed by atoms with Crippen molar-refractivity contribution in [1.29, 1.82) is 0 Å². The van der Waals surface area contributed by atoms with E-state index in [9.17, 15) is 4.79 Å². The molecule has 2 aromatic rings. The number of ether oxygens (including phenoxy) is 1. The molecule has 0 unspecified atom stereocenters. The zero-order valence-corrected chi connectivity index (χ0v) is 13.2. The maximum absolute atomic E-state index is 12.2. The molecule has 0 spiro atoms. The highest BCUT2D eigenvalue weighted by Crippen LogP contribution is 2.29. The molecule has 2 atom stereocenters. The molecule has 1 aliphatic rings. The van der Waals surface area contributed by atoms with Gasteiger partial charge in [-0.3, -0.25) is 0 Å². The van der Waals surface area contributed by atoms with E-state index in [4.69, 9.17) is 9.84 Å². The fourth-order valence-corrected chi connectivity index (χ4v) is 2.62. The number of carbonyl (C=O) groups excluding carboxylic acids is 1. The second-order valence-electron chi connectivity index (χ2n) is 5.68. The minimum atomic E-state index is -0.299. The van der Waals surface area contributed by atoms with Crippen molar-refractivity contribution in [3.05, 3.63) is 66.7 Å². The Balaban J connectivity index is 1.63. The SMILES string of the molecule is O=C(Nc1ccccc1Oc1ccccc1)N[C@@H]1C=C[C@H](CO)C1. The standard InChI is InChI=1S/C19H20N2O3/c22-13-14-10-11-15(12-14)20-19(23)21-17-8-4-5-9-18(17)24-16-6-2-1-3-7-16/h1-11,14-15,22H,12-13H2,(H2,20,21,23)/t14-,15+/m0/s1. The minimum Gasteiger partial charge on any atom is -0.455 e. The Morgan fingerprint density at radius 3 is 2.58 bits per heavy atom. The van der Waals surface area contributed by atoms with Gasteiger partial charge in [0.05, 0.1) is 5.69 Å². The molecule has 0 bridgehead atoms. The van der Waals surface area contributed by atoms with E-state index in [0.717, 1.165) is 0 Å². The molecule has 124 valence electrons. The molecule has 0 radical (unpaired) electrons. The first-order valence-corrected chi connectivity index (χ1v) is 7.93. The van der Waals surface area contributed by atoms with Crippen LogP contribution in [0.2, 0.25) is 0 Å². The maximum atomic E-state index is 12.2. The molecule has 0 aliphatic heterocycles. The van der Waals surface area contributed by atoms with Gasteiger partial charge in [0.2, 0.25) is 0 Å². The van der Waals surface area contributed by atoms with E-state index in [2.05, 4.69) is 10.6 Å². The molecule has 2 aromatic carbocycles. The molecule has 1 aliphatic carbocycles. The molecule has 24 heavy (non-hydrogen) atoms. The predicted octanol–water partition coefficient (Wildman–Crippen LogP) is 3.54. The van der Waals surface area contributed by atoms with Gasteiger partial charge >= 0.3 is 6.03 Å². The molecule has 0 aromatic heterocycles. The number of carbonyl (C=O) groups is 1. The van der Waals surface area contributed by atoms with Crippen LogP contribution in [0.5, 0.6) is 11.5 Å². The van der Waals surface area contributed by atoms with E-state index in [1.807, 2.05) is 54.6 Å². The number of aliphatic hydroxyl groups excluding tert-OH is 1. The summed E-state index contributed by atoms with van der Waals surface area (Å²) in [5, 5.41) is 14.8. The van der Waals surface area contributed by atoms with Crippen molar-refractivity contribution < 1.29 is 14.6 Å². The number of urea groups is 1. The molecule has 2 amide bonds. The molecular weight excluding hydrogens is 304 g/mol. The molecule has 5 nitrogen and oxygen atoms in total. The van der Waals surface area contributed by atoms with Crippen molar-refractivity contribution >= 4 is 11.7 Å². The number of benzene rings is 2. The number of hydrogen-bond acceptors (Lipinski definition) is 3. The monoisotopic (exact) mass is 324 g/mol. The quantitative estimate of drug-likeness (QED) is 0.737. The number of nitrogens with one attached hydrogen (secondary N) is 2. The number of hydrogen-bond donors (Lipinski definition) is 3. The van der Waals surface area contributed by atoms with Crippen LogP contribution in [0.3, 0.4) is 0 Å². The number of rotatable bonds is 5. The van der Waals surface area contributed by atoms with Gasteiger partial charge in [0.1, 0.15) is 5.75 Å². The normalized spacial score (nSPS) is 19.0. The van der Waals surface area contributed by atoms with Gasteiger partial charge in [-0.1, -0.05) is 42.5 Å². The zero-order chi connectivity index (χ0) is 16.8. The van der Waals surface area contributed by atoms with Crippen LogP contribution in [0.1, 0.15) is 6.42 Å². The summed E-state index contributed by atoms with van der Waals surface area (Å²) < 4.78 is 5.83. The van der Waals surface area contributed by atoms with E-state index in [1.54, 1.807) is 12.1 Å². The summed E-state index contributed by atoms with van der Waals surface area (Å²) >= 11 is 0. The third-order valence-corrected chi connectivity index (χ3v) is 3.83. The molecular formula is C19H20N2O3. The Morgan fingerprint density at radius 1 is 1.08 bits per heavy atom. The number of para-hydroxylation sites is 3. The smallest absolute Gasteiger partial charge is 0.319 e. The van der Waals surface area contributed by atoms with Crippen LogP contribution in [-0.2, 0) is 0 Å². The van der Waals surface area contributed by atoms with E-state index in [0.29, 0.717) is 23.6 Å². The third kappa shape index (κ3) is 4.14. The first-order valence-electron chi connectivity index (χ1n) is 7.93. The first-order chi connectivity index (χ1) is 11.7. The van der Waals surface area contributed by atoms with Crippen molar-refractivity contribution in [3.63, 3.8) is 0 Å². The summed E-state index contributed by atoms with van der Waals surface area (Å²) in [6.45, 7) is 0.101. The third-order valence-electron chi connectivity index (χ3n) is 3.83. The molecule has 0 saturated heterocycles. The minimum absolute atomic E-state index is 0.0654. The highest BCUT2D eigenvalue weighted by Gasteiger charge is 2.20. The van der Waals surface area contributed by atoms with Crippen LogP contribution in [0.4, 0.5) is 10.5 Å². The Bertz CT molecular complexity index is 716. The van der Waals surface area contributed by atoms with Crippen molar-refractivity contribution in [2.24, 2.45) is 5.92 Å². The van der Waals surface area contributed by atoms with Crippen LogP contribution in [0, 0.1) is 5.92 Å². The van der Waals surface area contributed by atoms with Crippen molar-refractivity contribution in [3.8, 4) is 11.5 Å². The van der Waals surface area contributed by atoms with E-state index in [-0.39, 0.29) is 24.6 Å². The average Bonchev–Trinajstić information content (AvgIpc) is 3.05. The van der Waals surface area contributed by atoms with E-state index >= 15 is 0 Å². The molecule has 3 N–H and O–H groups in total. The van der Waals surface area contributed by atoms with Crippen molar-refractivity contribution in [2.45, 2.75) is 12.5 Å². The number of amides is 2. The lowest BCUT2D eigenvalue weighted by Gasteiger charge is -2.15. The summed E-state index contributed by atoms with van der Waals surface area (Å²) in [4.78, 5) is 12.2. The number of anilines is 1. The highest BCUT2D eigenvalue weighted by molar-refractivity contribution is 5.91. The predicted molar refractivity (Wildman–Crippen MR) is 93.2 cm³/mol. The summed E-state index contributed by atoms with van der Waals surface area (Å²) in [7, 11) is 0. The van der Waals surface area contributed by atoms with Crippen LogP contribution in [0.15, 0.2) is 66.7 Å². The van der Waals surface area contributed by atoms with Crippen molar-refractivity contribution in [2.75, 3.05) is 11.9 Å². The Labute approximate surface area is 141 Å². The molecule has 3 rings (SSSR count). The molecule has 0 heterocycles. The van der Waals surface area contributed by atoms with Crippen LogP contribution < -0.4 is 15.4 Å². The van der Waals surface area contributed by atoms with Gasteiger partial charge < -0.3 is 20.5 Å². The number of aliphatic hydroxyl groups is 1. The second-order valence-corrected chi connectivity index (χ2v) is 5.68. The second kappa shape index (κ2) is 7.66. The lowest BCUT2D eigenvalue weighted by molar-refractivity contribution is 0.238. The van der Waals surface area contributed by atoms with Gasteiger partial charge in [0, 0.05) is 18.6 Å². The fourth-order valence-electron chi connectivity index (χ4n) is 2.62. The topological polar surface area (TPSA) is 70.6 Å². The molecule has 0 fully saturated rings. The zero-order valence-electron chi connectivity index (χ0n) is 13.2. The Morgan fingerprint density at radius 2 is 1.83 bits per heavy atom. The first kappa shape index (κ1) is 16.1. The molecule has 5 heteroatoms. The van der Waals surface area contributed by atoms with Gasteiger partial charge in [-0.2, -0.15) is 0 Å². The lowest BCUT2D eigenvalue weighted by Crippen LogP contribution is -2.36. The molecule has 0 saturated carbocycles. The summed E-state index contributed by atoms with van der Waals surface area (Å²) in [5.41, 5.74) is 0.597. The summed E-state index contributed by atoms with van der Waals surface area (Å²) in [6.07, 6.45) is 4.55. The maximum Gasteiger partial charge on any atom is 0.319 e. The Hall–Kier alpha value is -2.79. The van der Waals surface area contributed by atoms with Gasteiger partial charge in [-0.05, 0) is 30.7 Å². The Kier molecular flexibility index (Phi) is 5.13. The average molecular weight is 324 g/mol. The van der Waals surface area contributed by atoms with Gasteiger partial charge in [-0.25, -0.2) is 4.79 Å². The van der Waals surface area contributed by atoms with Crippen LogP contribution in [0.25, 0.3) is 0 Å². The van der Waals surface area contributed by atoms with Gasteiger partial charge in [0.25, 0.3) is 0 Å². The van der Waals surface area contributed by atoms with Crippen LogP contribution in [-0.4, -0.2) is 23.8 Å². The fraction of sp³-hybridized carbons (Fsp3) is 0.211. The largest absolute Gasteiger partial charge is 0.455 e. The van der Waals surface area contributed by atoms with Crippen molar-refractivity contribution in [1.82, 2.24) is 5.32 Å². The summed E-state index contributed by atoms with van der Waals surface area (Å²) in [6, 6.07) is 16.3.